The van der Waals surface area contributed by atoms with E-state index >= 15 is 0 Å². The molecule has 1 aliphatic rings. The average Bonchev–Trinajstić information content (AvgIpc) is 2.92. The van der Waals surface area contributed by atoms with E-state index in [-0.39, 0.29) is 5.56 Å². The van der Waals surface area contributed by atoms with Gasteiger partial charge in [0.2, 0.25) is 0 Å². The maximum absolute atomic E-state index is 12.0. The van der Waals surface area contributed by atoms with E-state index in [0.717, 1.165) is 33.7 Å². The number of hydrogen-bond donors (Lipinski definition) is 1. The predicted octanol–water partition coefficient (Wildman–Crippen LogP) is 4.56. The van der Waals surface area contributed by atoms with Gasteiger partial charge in [-0.25, -0.2) is 0 Å². The van der Waals surface area contributed by atoms with Crippen molar-refractivity contribution in [1.29, 1.82) is 0 Å². The van der Waals surface area contributed by atoms with Crippen molar-refractivity contribution in [3.63, 3.8) is 0 Å². The molecule has 1 aromatic heterocycles. The zero-order valence-corrected chi connectivity index (χ0v) is 14.2. The second-order valence-corrected chi connectivity index (χ2v) is 7.19. The number of aryl methyl sites for hydroxylation is 1. The van der Waals surface area contributed by atoms with Crippen molar-refractivity contribution >= 4 is 40.0 Å². The summed E-state index contributed by atoms with van der Waals surface area (Å²) in [6, 6.07) is 11.9. The minimum Gasteiger partial charge on any atom is -0.329 e. The number of aromatic nitrogens is 1. The number of hydrogen-bond acceptors (Lipinski definition) is 3. The first kappa shape index (κ1) is 14.7. The Morgan fingerprint density at radius 3 is 2.96 bits per heavy atom. The quantitative estimate of drug-likeness (QED) is 0.693. The van der Waals surface area contributed by atoms with Gasteiger partial charge in [0.15, 0.2) is 0 Å². The number of rotatable bonds is 2. The molecule has 0 amide bonds. The number of nitrogens with zero attached hydrogens (tertiary/aromatic N) is 1. The fourth-order valence-electron chi connectivity index (χ4n) is 3.12. The van der Waals surface area contributed by atoms with Crippen LogP contribution in [0.1, 0.15) is 11.1 Å². The van der Waals surface area contributed by atoms with Crippen molar-refractivity contribution in [1.82, 2.24) is 4.98 Å². The van der Waals surface area contributed by atoms with Crippen LogP contribution in [0.5, 0.6) is 0 Å². The molecule has 0 saturated carbocycles. The lowest BCUT2D eigenvalue weighted by Crippen LogP contribution is -2.11. The molecule has 23 heavy (non-hydrogen) atoms. The summed E-state index contributed by atoms with van der Waals surface area (Å²) in [5.41, 5.74) is 3.73. The normalized spacial score (nSPS) is 13.6. The number of nitrogens with one attached hydrogen (secondary N) is 1. The molecule has 1 N–H and O–H groups in total. The van der Waals surface area contributed by atoms with E-state index in [1.54, 1.807) is 18.1 Å². The molecule has 2 heterocycles. The van der Waals surface area contributed by atoms with Crippen molar-refractivity contribution < 1.29 is 0 Å². The third-order valence-corrected chi connectivity index (χ3v) is 5.60. The predicted molar refractivity (Wildman–Crippen MR) is 97.7 cm³/mol. The Labute approximate surface area is 143 Å². The van der Waals surface area contributed by atoms with Crippen LogP contribution in [0.3, 0.4) is 0 Å². The molecule has 2 aromatic carbocycles. The van der Waals surface area contributed by atoms with Gasteiger partial charge >= 0.3 is 0 Å². The summed E-state index contributed by atoms with van der Waals surface area (Å²) in [6.07, 6.45) is 2.73. The maximum Gasteiger partial charge on any atom is 0.255 e. The monoisotopic (exact) mass is 342 g/mol. The summed E-state index contributed by atoms with van der Waals surface area (Å²) in [5, 5.41) is 2.47. The van der Waals surface area contributed by atoms with Gasteiger partial charge in [-0.1, -0.05) is 17.7 Å². The molecule has 0 aliphatic carbocycles. The van der Waals surface area contributed by atoms with Crippen LogP contribution in [0.4, 0.5) is 5.69 Å². The van der Waals surface area contributed by atoms with E-state index in [4.69, 9.17) is 11.6 Å². The lowest BCUT2D eigenvalue weighted by Gasteiger charge is -2.19. The number of aromatic amines is 1. The summed E-state index contributed by atoms with van der Waals surface area (Å²) in [5.74, 6) is 0. The van der Waals surface area contributed by atoms with Gasteiger partial charge < -0.3 is 9.29 Å². The summed E-state index contributed by atoms with van der Waals surface area (Å²) in [6.45, 7) is 3.05. The van der Waals surface area contributed by atoms with Gasteiger partial charge in [-0.05, 0) is 66.8 Å². The molecular weight excluding hydrogens is 328 g/mol. The standard InChI is InChI=1S/C18H15ClN2OS/c1-11-9-12(19)10-16-13(11)6-8-21(16)23-17-4-2-3-15-14(17)5-7-20-18(15)22/h2-5,7,9-10H,6,8H2,1H3,(H,20,22). The minimum atomic E-state index is -0.0503. The SMILES string of the molecule is Cc1cc(Cl)cc2c1CCN2Sc1cccc2c(=O)[nH]ccc12. The summed E-state index contributed by atoms with van der Waals surface area (Å²) >= 11 is 7.90. The fourth-order valence-corrected chi connectivity index (χ4v) is 4.49. The Hall–Kier alpha value is -1.91. The van der Waals surface area contributed by atoms with Gasteiger partial charge in [0.1, 0.15) is 0 Å². The molecule has 3 nitrogen and oxygen atoms in total. The first-order chi connectivity index (χ1) is 11.1. The smallest absolute Gasteiger partial charge is 0.255 e. The number of anilines is 1. The Kier molecular flexibility index (Phi) is 3.58. The molecule has 0 radical (unpaired) electrons. The van der Waals surface area contributed by atoms with Gasteiger partial charge in [-0.2, -0.15) is 0 Å². The van der Waals surface area contributed by atoms with Gasteiger partial charge in [-0.3, -0.25) is 4.79 Å². The average molecular weight is 343 g/mol. The number of fused-ring (bicyclic) bond motifs is 2. The Balaban J connectivity index is 1.77. The van der Waals surface area contributed by atoms with Crippen LogP contribution in [-0.4, -0.2) is 11.5 Å². The lowest BCUT2D eigenvalue weighted by molar-refractivity contribution is 1.05. The van der Waals surface area contributed by atoms with Crippen LogP contribution in [0.15, 0.2) is 52.3 Å². The van der Waals surface area contributed by atoms with Crippen LogP contribution in [-0.2, 0) is 6.42 Å². The number of pyridine rings is 1. The molecule has 0 unspecified atom stereocenters. The molecule has 4 rings (SSSR count). The summed E-state index contributed by atoms with van der Waals surface area (Å²) in [4.78, 5) is 15.8. The van der Waals surface area contributed by atoms with Gasteiger partial charge in [0, 0.05) is 33.4 Å². The van der Waals surface area contributed by atoms with Crippen LogP contribution in [0, 0.1) is 6.92 Å². The van der Waals surface area contributed by atoms with Crippen molar-refractivity contribution in [2.75, 3.05) is 10.8 Å². The largest absolute Gasteiger partial charge is 0.329 e. The zero-order chi connectivity index (χ0) is 16.0. The molecule has 0 saturated heterocycles. The lowest BCUT2D eigenvalue weighted by atomic mass is 10.1. The highest BCUT2D eigenvalue weighted by molar-refractivity contribution is 8.00. The van der Waals surface area contributed by atoms with Crippen molar-refractivity contribution in [3.8, 4) is 0 Å². The van der Waals surface area contributed by atoms with E-state index in [1.807, 2.05) is 30.3 Å². The van der Waals surface area contributed by atoms with Crippen molar-refractivity contribution in [2.24, 2.45) is 0 Å². The van der Waals surface area contributed by atoms with Crippen LogP contribution in [0.2, 0.25) is 5.02 Å². The third kappa shape index (κ3) is 2.52. The first-order valence-corrected chi connectivity index (χ1v) is 8.63. The molecule has 116 valence electrons. The second kappa shape index (κ2) is 5.62. The van der Waals surface area contributed by atoms with E-state index < -0.39 is 0 Å². The highest BCUT2D eigenvalue weighted by Gasteiger charge is 2.23. The Morgan fingerprint density at radius 1 is 1.22 bits per heavy atom. The van der Waals surface area contributed by atoms with E-state index in [1.165, 1.54) is 16.8 Å². The second-order valence-electron chi connectivity index (χ2n) is 5.69. The number of benzene rings is 2. The molecule has 0 atom stereocenters. The third-order valence-electron chi connectivity index (χ3n) is 4.23. The van der Waals surface area contributed by atoms with Gasteiger partial charge in [-0.15, -0.1) is 0 Å². The summed E-state index contributed by atoms with van der Waals surface area (Å²) < 4.78 is 2.27. The van der Waals surface area contributed by atoms with Crippen molar-refractivity contribution in [3.05, 3.63) is 69.1 Å². The van der Waals surface area contributed by atoms with Crippen LogP contribution in [0.25, 0.3) is 10.8 Å². The number of halogens is 1. The molecular formula is C18H15ClN2OS. The molecule has 0 bridgehead atoms. The first-order valence-electron chi connectivity index (χ1n) is 7.48. The number of H-pyrrole nitrogens is 1. The molecule has 1 aliphatic heterocycles. The molecule has 0 fully saturated rings. The van der Waals surface area contributed by atoms with E-state index in [0.29, 0.717) is 0 Å². The molecule has 5 heteroatoms. The minimum absolute atomic E-state index is 0.0503. The Bertz CT molecular complexity index is 967. The summed E-state index contributed by atoms with van der Waals surface area (Å²) in [7, 11) is 0. The van der Waals surface area contributed by atoms with Crippen LogP contribution < -0.4 is 9.86 Å². The highest BCUT2D eigenvalue weighted by Crippen LogP contribution is 2.41. The topological polar surface area (TPSA) is 36.1 Å². The van der Waals surface area contributed by atoms with E-state index in [2.05, 4.69) is 22.3 Å². The highest BCUT2D eigenvalue weighted by atomic mass is 35.5. The van der Waals surface area contributed by atoms with E-state index in [9.17, 15) is 4.79 Å². The van der Waals surface area contributed by atoms with Crippen molar-refractivity contribution in [2.45, 2.75) is 18.2 Å². The maximum atomic E-state index is 12.0. The zero-order valence-electron chi connectivity index (χ0n) is 12.6. The molecule has 3 aromatic rings. The van der Waals surface area contributed by atoms with Gasteiger partial charge in [0.25, 0.3) is 5.56 Å². The molecule has 0 spiro atoms. The fraction of sp³-hybridized carbons (Fsp3) is 0.167. The Morgan fingerprint density at radius 2 is 2.09 bits per heavy atom. The van der Waals surface area contributed by atoms with Gasteiger partial charge in [0.05, 0.1) is 5.69 Å². The van der Waals surface area contributed by atoms with Crippen LogP contribution >= 0.6 is 23.5 Å².